The van der Waals surface area contributed by atoms with Gasteiger partial charge in [0, 0.05) is 13.0 Å². The molecule has 1 aliphatic rings. The van der Waals surface area contributed by atoms with Crippen LogP contribution in [0.25, 0.3) is 0 Å². The lowest BCUT2D eigenvalue weighted by Crippen LogP contribution is -2.54. The molecule has 0 unspecified atom stereocenters. The molecule has 0 radical (unpaired) electrons. The standard InChI is InChI=1S/C13H19NO4/c1-5-7-13(10(15)16)8-6-9-14(13)11(17)18-12(2,3)4/h1H,6-9H2,2-4H3,(H,15,16)/t13-/m0/s1. The monoisotopic (exact) mass is 253 g/mol. The van der Waals surface area contributed by atoms with E-state index in [0.29, 0.717) is 19.4 Å². The molecule has 0 saturated carbocycles. The van der Waals surface area contributed by atoms with Gasteiger partial charge in [-0.1, -0.05) is 0 Å². The van der Waals surface area contributed by atoms with Gasteiger partial charge in [0.25, 0.3) is 0 Å². The predicted octanol–water partition coefficient (Wildman–Crippen LogP) is 1.86. The molecule has 1 rings (SSSR count). The molecule has 0 aromatic carbocycles. The minimum Gasteiger partial charge on any atom is -0.479 e. The molecular weight excluding hydrogens is 234 g/mol. The maximum Gasteiger partial charge on any atom is 0.411 e. The highest BCUT2D eigenvalue weighted by Crippen LogP contribution is 2.34. The third-order valence-electron chi connectivity index (χ3n) is 2.90. The highest BCUT2D eigenvalue weighted by Gasteiger charge is 2.50. The molecule has 1 N–H and O–H groups in total. The zero-order valence-electron chi connectivity index (χ0n) is 11.0. The van der Waals surface area contributed by atoms with Crippen LogP contribution in [-0.4, -0.2) is 39.8 Å². The van der Waals surface area contributed by atoms with Crippen molar-refractivity contribution in [2.75, 3.05) is 6.54 Å². The molecule has 5 heteroatoms. The summed E-state index contributed by atoms with van der Waals surface area (Å²) in [5.74, 6) is 1.28. The Morgan fingerprint density at radius 2 is 2.11 bits per heavy atom. The number of terminal acetylenes is 1. The van der Waals surface area contributed by atoms with E-state index >= 15 is 0 Å². The van der Waals surface area contributed by atoms with Crippen molar-refractivity contribution in [2.45, 2.75) is 51.2 Å². The van der Waals surface area contributed by atoms with Crippen LogP contribution < -0.4 is 0 Å². The largest absolute Gasteiger partial charge is 0.479 e. The molecule has 5 nitrogen and oxygen atoms in total. The number of likely N-dealkylation sites (tertiary alicyclic amines) is 1. The van der Waals surface area contributed by atoms with Crippen LogP contribution in [0.5, 0.6) is 0 Å². The molecule has 0 aliphatic carbocycles. The van der Waals surface area contributed by atoms with Gasteiger partial charge in [-0.25, -0.2) is 9.59 Å². The number of amides is 1. The van der Waals surface area contributed by atoms with Gasteiger partial charge in [-0.3, -0.25) is 4.90 Å². The molecule has 0 aromatic heterocycles. The first-order valence-corrected chi connectivity index (χ1v) is 5.90. The Kier molecular flexibility index (Phi) is 3.90. The number of hydrogen-bond donors (Lipinski definition) is 1. The number of ether oxygens (including phenoxy) is 1. The van der Waals surface area contributed by atoms with Gasteiger partial charge in [0.2, 0.25) is 0 Å². The van der Waals surface area contributed by atoms with Crippen LogP contribution in [0.15, 0.2) is 0 Å². The number of nitrogens with zero attached hydrogens (tertiary/aromatic N) is 1. The Balaban J connectivity index is 2.96. The second-order valence-corrected chi connectivity index (χ2v) is 5.45. The molecule has 1 saturated heterocycles. The van der Waals surface area contributed by atoms with Gasteiger partial charge in [0.15, 0.2) is 5.54 Å². The number of carbonyl (C=O) groups is 2. The van der Waals surface area contributed by atoms with Gasteiger partial charge in [0.1, 0.15) is 5.60 Å². The number of carboxylic acid groups (broad SMARTS) is 1. The van der Waals surface area contributed by atoms with Crippen LogP contribution in [0, 0.1) is 12.3 Å². The Hall–Kier alpha value is -1.70. The quantitative estimate of drug-likeness (QED) is 0.763. The average molecular weight is 253 g/mol. The molecule has 100 valence electrons. The number of aliphatic carboxylic acids is 1. The second kappa shape index (κ2) is 4.89. The third kappa shape index (κ3) is 2.76. The zero-order chi connectivity index (χ0) is 14.0. The lowest BCUT2D eigenvalue weighted by molar-refractivity contribution is -0.149. The summed E-state index contributed by atoms with van der Waals surface area (Å²) in [6.45, 7) is 5.59. The van der Waals surface area contributed by atoms with E-state index in [1.165, 1.54) is 4.90 Å². The Labute approximate surface area is 107 Å². The van der Waals surface area contributed by atoms with Gasteiger partial charge in [-0.15, -0.1) is 12.3 Å². The molecule has 1 aliphatic heterocycles. The molecule has 1 atom stereocenters. The molecule has 0 spiro atoms. The topological polar surface area (TPSA) is 66.8 Å². The van der Waals surface area contributed by atoms with Crippen LogP contribution in [0.4, 0.5) is 4.79 Å². The van der Waals surface area contributed by atoms with Crippen molar-refractivity contribution in [3.8, 4) is 12.3 Å². The summed E-state index contributed by atoms with van der Waals surface area (Å²) in [6, 6.07) is 0. The minimum absolute atomic E-state index is 0.00156. The molecule has 18 heavy (non-hydrogen) atoms. The molecule has 0 bridgehead atoms. The summed E-state index contributed by atoms with van der Waals surface area (Å²) < 4.78 is 5.23. The second-order valence-electron chi connectivity index (χ2n) is 5.45. The smallest absolute Gasteiger partial charge is 0.411 e. The molecule has 0 aromatic rings. The van der Waals surface area contributed by atoms with Crippen LogP contribution in [0.1, 0.15) is 40.0 Å². The highest BCUT2D eigenvalue weighted by atomic mass is 16.6. The van der Waals surface area contributed by atoms with E-state index in [1.807, 2.05) is 0 Å². The molecular formula is C13H19NO4. The lowest BCUT2D eigenvalue weighted by Gasteiger charge is -2.34. The summed E-state index contributed by atoms with van der Waals surface area (Å²) in [5, 5.41) is 9.37. The van der Waals surface area contributed by atoms with Crippen molar-refractivity contribution in [1.29, 1.82) is 0 Å². The Morgan fingerprint density at radius 1 is 1.50 bits per heavy atom. The van der Waals surface area contributed by atoms with Crippen molar-refractivity contribution < 1.29 is 19.4 Å². The molecule has 1 fully saturated rings. The van der Waals surface area contributed by atoms with Crippen LogP contribution in [0.3, 0.4) is 0 Å². The summed E-state index contributed by atoms with van der Waals surface area (Å²) in [6.07, 6.45) is 5.60. The maximum absolute atomic E-state index is 12.0. The van der Waals surface area contributed by atoms with Gasteiger partial charge in [-0.2, -0.15) is 0 Å². The van der Waals surface area contributed by atoms with E-state index in [1.54, 1.807) is 20.8 Å². The normalized spacial score (nSPS) is 23.6. The predicted molar refractivity (Wildman–Crippen MR) is 66.0 cm³/mol. The number of carboxylic acids is 1. The van der Waals surface area contributed by atoms with Gasteiger partial charge in [0.05, 0.1) is 0 Å². The van der Waals surface area contributed by atoms with Crippen molar-refractivity contribution in [1.82, 2.24) is 4.90 Å². The van der Waals surface area contributed by atoms with Gasteiger partial charge in [-0.05, 0) is 33.6 Å². The van der Waals surface area contributed by atoms with E-state index < -0.39 is 23.2 Å². The first kappa shape index (κ1) is 14.4. The fourth-order valence-corrected chi connectivity index (χ4v) is 2.11. The lowest BCUT2D eigenvalue weighted by atomic mass is 9.93. The Bertz CT molecular complexity index is 391. The first-order valence-electron chi connectivity index (χ1n) is 5.90. The average Bonchev–Trinajstić information content (AvgIpc) is 2.60. The summed E-state index contributed by atoms with van der Waals surface area (Å²) in [5.41, 5.74) is -1.96. The minimum atomic E-state index is -1.31. The summed E-state index contributed by atoms with van der Waals surface area (Å²) in [7, 11) is 0. The maximum atomic E-state index is 12.0. The van der Waals surface area contributed by atoms with E-state index in [0.717, 1.165) is 0 Å². The van der Waals surface area contributed by atoms with Crippen LogP contribution in [0.2, 0.25) is 0 Å². The Morgan fingerprint density at radius 3 is 2.56 bits per heavy atom. The molecule has 1 heterocycles. The van der Waals surface area contributed by atoms with Crippen LogP contribution in [-0.2, 0) is 9.53 Å². The van der Waals surface area contributed by atoms with E-state index in [9.17, 15) is 14.7 Å². The van der Waals surface area contributed by atoms with Crippen molar-refractivity contribution >= 4 is 12.1 Å². The zero-order valence-corrected chi connectivity index (χ0v) is 11.0. The van der Waals surface area contributed by atoms with Crippen molar-refractivity contribution in [2.24, 2.45) is 0 Å². The summed E-state index contributed by atoms with van der Waals surface area (Å²) in [4.78, 5) is 24.7. The number of carbonyl (C=O) groups excluding carboxylic acids is 1. The van der Waals surface area contributed by atoms with E-state index in [4.69, 9.17) is 11.2 Å². The first-order chi connectivity index (χ1) is 8.23. The summed E-state index contributed by atoms with van der Waals surface area (Å²) >= 11 is 0. The van der Waals surface area contributed by atoms with E-state index in [2.05, 4.69) is 5.92 Å². The van der Waals surface area contributed by atoms with Gasteiger partial charge >= 0.3 is 12.1 Å². The number of hydrogen-bond acceptors (Lipinski definition) is 3. The van der Waals surface area contributed by atoms with Crippen molar-refractivity contribution in [3.63, 3.8) is 0 Å². The number of rotatable bonds is 2. The van der Waals surface area contributed by atoms with Gasteiger partial charge < -0.3 is 9.84 Å². The fourth-order valence-electron chi connectivity index (χ4n) is 2.11. The SMILES string of the molecule is C#CC[C@@]1(C(=O)O)CCCN1C(=O)OC(C)(C)C. The molecule has 1 amide bonds. The third-order valence-corrected chi connectivity index (χ3v) is 2.90. The highest BCUT2D eigenvalue weighted by molar-refractivity contribution is 5.85. The van der Waals surface area contributed by atoms with Crippen molar-refractivity contribution in [3.05, 3.63) is 0 Å². The van der Waals surface area contributed by atoms with E-state index in [-0.39, 0.29) is 6.42 Å². The fraction of sp³-hybridized carbons (Fsp3) is 0.692. The van der Waals surface area contributed by atoms with Crippen LogP contribution >= 0.6 is 0 Å².